The summed E-state index contributed by atoms with van der Waals surface area (Å²) in [5, 5.41) is 2.28. The van der Waals surface area contributed by atoms with Crippen molar-refractivity contribution in [1.29, 1.82) is 0 Å². The number of anilines is 1. The second-order valence-corrected chi connectivity index (χ2v) is 5.33. The van der Waals surface area contributed by atoms with Gasteiger partial charge in [-0.2, -0.15) is 0 Å². The quantitative estimate of drug-likeness (QED) is 0.779. The molecule has 1 aliphatic carbocycles. The smallest absolute Gasteiger partial charge is 0.276 e. The number of carbonyl (C=O) groups excluding carboxylic acids is 3. The van der Waals surface area contributed by atoms with Gasteiger partial charge < -0.3 is 0 Å². The number of hydrogen-bond donors (Lipinski definition) is 1. The fourth-order valence-corrected chi connectivity index (χ4v) is 2.56. The largest absolute Gasteiger partial charge is 0.335 e. The third kappa shape index (κ3) is 1.65. The summed E-state index contributed by atoms with van der Waals surface area (Å²) in [5.41, 5.74) is 1.47. The van der Waals surface area contributed by atoms with E-state index in [1.165, 1.54) is 0 Å². The lowest BCUT2D eigenvalue weighted by molar-refractivity contribution is -0.136. The number of urea groups is 1. The van der Waals surface area contributed by atoms with Gasteiger partial charge in [0.2, 0.25) is 5.91 Å². The molecule has 1 saturated heterocycles. The molecular formula is C14H14N2O3. The fourth-order valence-electron chi connectivity index (χ4n) is 2.56. The van der Waals surface area contributed by atoms with Gasteiger partial charge in [-0.05, 0) is 49.9 Å². The highest BCUT2D eigenvalue weighted by Crippen LogP contribution is 2.49. The maximum absolute atomic E-state index is 12.4. The number of nitrogens with one attached hydrogen (secondary N) is 1. The SMILES string of the molecule is Cc1cc(C)cc(N2C(=O)NC(=O)C3(CC3)C2=O)c1. The average molecular weight is 258 g/mol. The summed E-state index contributed by atoms with van der Waals surface area (Å²) in [5.74, 6) is -0.852. The summed E-state index contributed by atoms with van der Waals surface area (Å²) in [6.45, 7) is 3.81. The molecule has 0 unspecified atom stereocenters. The van der Waals surface area contributed by atoms with Crippen molar-refractivity contribution < 1.29 is 14.4 Å². The third-order valence-electron chi connectivity index (χ3n) is 3.69. The first kappa shape index (κ1) is 11.9. The van der Waals surface area contributed by atoms with Gasteiger partial charge in [0, 0.05) is 0 Å². The Morgan fingerprint density at radius 3 is 2.16 bits per heavy atom. The Labute approximate surface area is 110 Å². The van der Waals surface area contributed by atoms with Crippen LogP contribution in [0.3, 0.4) is 0 Å². The van der Waals surface area contributed by atoms with Crippen molar-refractivity contribution in [1.82, 2.24) is 5.32 Å². The van der Waals surface area contributed by atoms with Crippen LogP contribution in [0.25, 0.3) is 0 Å². The Hall–Kier alpha value is -2.17. The molecule has 0 radical (unpaired) electrons. The molecule has 19 heavy (non-hydrogen) atoms. The van der Waals surface area contributed by atoms with Crippen molar-refractivity contribution >= 4 is 23.5 Å². The molecule has 2 fully saturated rings. The van der Waals surface area contributed by atoms with Crippen molar-refractivity contribution in [3.8, 4) is 0 Å². The van der Waals surface area contributed by atoms with Crippen LogP contribution in [0, 0.1) is 19.3 Å². The second-order valence-electron chi connectivity index (χ2n) is 5.33. The predicted molar refractivity (Wildman–Crippen MR) is 68.6 cm³/mol. The molecule has 98 valence electrons. The van der Waals surface area contributed by atoms with Crippen LogP contribution < -0.4 is 10.2 Å². The maximum Gasteiger partial charge on any atom is 0.335 e. The number of nitrogens with zero attached hydrogens (tertiary/aromatic N) is 1. The minimum atomic E-state index is -0.994. The van der Waals surface area contributed by atoms with Gasteiger partial charge in [0.25, 0.3) is 5.91 Å². The molecule has 5 nitrogen and oxygen atoms in total. The molecule has 1 aromatic rings. The molecule has 0 bridgehead atoms. The molecule has 1 aliphatic heterocycles. The summed E-state index contributed by atoms with van der Waals surface area (Å²) >= 11 is 0. The van der Waals surface area contributed by atoms with Crippen molar-refractivity contribution in [3.05, 3.63) is 29.3 Å². The van der Waals surface area contributed by atoms with Gasteiger partial charge in [-0.15, -0.1) is 0 Å². The fraction of sp³-hybridized carbons (Fsp3) is 0.357. The topological polar surface area (TPSA) is 66.5 Å². The van der Waals surface area contributed by atoms with Gasteiger partial charge in [-0.25, -0.2) is 9.69 Å². The van der Waals surface area contributed by atoms with Crippen LogP contribution in [0.2, 0.25) is 0 Å². The van der Waals surface area contributed by atoms with E-state index < -0.39 is 23.3 Å². The molecule has 1 heterocycles. The number of barbiturate groups is 1. The summed E-state index contributed by atoms with van der Waals surface area (Å²) in [4.78, 5) is 37.1. The highest BCUT2D eigenvalue weighted by molar-refractivity contribution is 6.31. The van der Waals surface area contributed by atoms with Crippen LogP contribution in [-0.4, -0.2) is 17.8 Å². The molecule has 1 aromatic carbocycles. The van der Waals surface area contributed by atoms with E-state index >= 15 is 0 Å². The zero-order valence-electron chi connectivity index (χ0n) is 10.8. The van der Waals surface area contributed by atoms with Gasteiger partial charge in [-0.1, -0.05) is 6.07 Å². The van der Waals surface area contributed by atoms with Crippen LogP contribution in [0.4, 0.5) is 10.5 Å². The van der Waals surface area contributed by atoms with Crippen LogP contribution in [-0.2, 0) is 9.59 Å². The number of benzene rings is 1. The first-order valence-corrected chi connectivity index (χ1v) is 6.22. The lowest BCUT2D eigenvalue weighted by Gasteiger charge is -2.30. The third-order valence-corrected chi connectivity index (χ3v) is 3.69. The Morgan fingerprint density at radius 2 is 1.63 bits per heavy atom. The monoisotopic (exact) mass is 258 g/mol. The van der Waals surface area contributed by atoms with Gasteiger partial charge in [0.15, 0.2) is 0 Å². The molecule has 5 heteroatoms. The van der Waals surface area contributed by atoms with Gasteiger partial charge in [-0.3, -0.25) is 14.9 Å². The molecule has 1 N–H and O–H groups in total. The normalized spacial score (nSPS) is 20.7. The summed E-state index contributed by atoms with van der Waals surface area (Å²) in [6.07, 6.45) is 1.04. The van der Waals surface area contributed by atoms with Gasteiger partial charge >= 0.3 is 6.03 Å². The van der Waals surface area contributed by atoms with E-state index in [9.17, 15) is 14.4 Å². The Morgan fingerprint density at radius 1 is 1.05 bits per heavy atom. The van der Waals surface area contributed by atoms with E-state index in [4.69, 9.17) is 0 Å². The van der Waals surface area contributed by atoms with E-state index in [0.29, 0.717) is 18.5 Å². The zero-order valence-corrected chi connectivity index (χ0v) is 10.8. The van der Waals surface area contributed by atoms with E-state index in [1.54, 1.807) is 12.1 Å². The van der Waals surface area contributed by atoms with E-state index in [0.717, 1.165) is 16.0 Å². The number of hydrogen-bond acceptors (Lipinski definition) is 3. The van der Waals surface area contributed by atoms with Crippen molar-refractivity contribution in [2.24, 2.45) is 5.41 Å². The Bertz CT molecular complexity index is 597. The Kier molecular flexibility index (Phi) is 2.29. The zero-order chi connectivity index (χ0) is 13.8. The summed E-state index contributed by atoms with van der Waals surface area (Å²) in [7, 11) is 0. The van der Waals surface area contributed by atoms with Crippen LogP contribution >= 0.6 is 0 Å². The van der Waals surface area contributed by atoms with Gasteiger partial charge in [0.1, 0.15) is 5.41 Å². The first-order chi connectivity index (χ1) is 8.94. The maximum atomic E-state index is 12.4. The van der Waals surface area contributed by atoms with Crippen LogP contribution in [0.5, 0.6) is 0 Å². The number of imide groups is 2. The molecule has 2 aliphatic rings. The molecule has 1 saturated carbocycles. The molecule has 4 amide bonds. The van der Waals surface area contributed by atoms with Crippen molar-refractivity contribution in [2.75, 3.05) is 4.90 Å². The molecule has 1 spiro atoms. The number of rotatable bonds is 1. The van der Waals surface area contributed by atoms with Crippen molar-refractivity contribution in [2.45, 2.75) is 26.7 Å². The minimum Gasteiger partial charge on any atom is -0.276 e. The lowest BCUT2D eigenvalue weighted by Crippen LogP contribution is -2.59. The first-order valence-electron chi connectivity index (χ1n) is 6.22. The molecule has 0 aromatic heterocycles. The molecular weight excluding hydrogens is 244 g/mol. The number of amides is 4. The highest BCUT2D eigenvalue weighted by Gasteiger charge is 2.62. The molecule has 0 atom stereocenters. The summed E-state index contributed by atoms with van der Waals surface area (Å²) < 4.78 is 0. The standard InChI is InChI=1S/C14H14N2O3/c1-8-5-9(2)7-10(6-8)16-12(18)14(3-4-14)11(17)15-13(16)19/h5-7H,3-4H2,1-2H3,(H,15,17,19). The van der Waals surface area contributed by atoms with Crippen LogP contribution in [0.1, 0.15) is 24.0 Å². The number of aryl methyl sites for hydroxylation is 2. The lowest BCUT2D eigenvalue weighted by atomic mass is 10.0. The van der Waals surface area contributed by atoms with Gasteiger partial charge in [0.05, 0.1) is 5.69 Å². The average Bonchev–Trinajstić information content (AvgIpc) is 3.06. The number of carbonyl (C=O) groups is 3. The summed E-state index contributed by atoms with van der Waals surface area (Å²) in [6, 6.07) is 4.86. The second kappa shape index (κ2) is 3.66. The van der Waals surface area contributed by atoms with E-state index in [2.05, 4.69) is 5.32 Å². The highest BCUT2D eigenvalue weighted by atomic mass is 16.2. The van der Waals surface area contributed by atoms with Crippen LogP contribution in [0.15, 0.2) is 18.2 Å². The Balaban J connectivity index is 2.06. The van der Waals surface area contributed by atoms with Crippen molar-refractivity contribution in [3.63, 3.8) is 0 Å². The predicted octanol–water partition coefficient (Wildman–Crippen LogP) is 1.67. The minimum absolute atomic E-state index is 0.397. The van der Waals surface area contributed by atoms with E-state index in [-0.39, 0.29) is 0 Å². The molecule has 3 rings (SSSR count). The van der Waals surface area contributed by atoms with E-state index in [1.807, 2.05) is 19.9 Å².